The first-order chi connectivity index (χ1) is 13.5. The number of rotatable bonds is 3. The van der Waals surface area contributed by atoms with E-state index in [1.165, 1.54) is 5.56 Å². The van der Waals surface area contributed by atoms with Crippen LogP contribution in [-0.2, 0) is 14.4 Å². The molecular weight excluding hydrogens is 354 g/mol. The zero-order valence-electron chi connectivity index (χ0n) is 16.6. The van der Waals surface area contributed by atoms with Gasteiger partial charge in [0, 0.05) is 52.0 Å². The van der Waals surface area contributed by atoms with Crippen molar-refractivity contribution >= 4 is 17.7 Å². The lowest BCUT2D eigenvalue weighted by Crippen LogP contribution is -2.52. The molecule has 6 heteroatoms. The smallest absolute Gasteiger partial charge is 0.242 e. The largest absolute Gasteiger partial charge is 0.345 e. The van der Waals surface area contributed by atoms with Crippen LogP contribution in [0.2, 0.25) is 0 Å². The van der Waals surface area contributed by atoms with E-state index in [0.29, 0.717) is 19.4 Å². The molecule has 1 aromatic rings. The number of hydrogen-bond acceptors (Lipinski definition) is 3. The lowest BCUT2D eigenvalue weighted by molar-refractivity contribution is -0.143. The quantitative estimate of drug-likeness (QED) is 0.801. The number of amides is 3. The summed E-state index contributed by atoms with van der Waals surface area (Å²) in [6.07, 6.45) is 3.92. The van der Waals surface area contributed by atoms with E-state index < -0.39 is 0 Å². The van der Waals surface area contributed by atoms with Crippen LogP contribution in [0, 0.1) is 5.41 Å². The standard InChI is InChI=1S/C22H29N3O3/c1-23-16-22(8-7-19(23)26)9-11-24(12-10-22)21(28)15-25-14-18(13-20(25)27)17-5-3-2-4-6-17/h2-6,18H,7-16H2,1H3/t18-/m0/s1. The third-order valence-corrected chi connectivity index (χ3v) is 6.86. The number of carbonyl (C=O) groups excluding carboxylic acids is 3. The van der Waals surface area contributed by atoms with E-state index >= 15 is 0 Å². The molecule has 0 bridgehead atoms. The number of piperidine rings is 2. The first-order valence-electron chi connectivity index (χ1n) is 10.3. The van der Waals surface area contributed by atoms with Gasteiger partial charge in [0.2, 0.25) is 17.7 Å². The van der Waals surface area contributed by atoms with Gasteiger partial charge < -0.3 is 14.7 Å². The Hall–Kier alpha value is -2.37. The highest BCUT2D eigenvalue weighted by Gasteiger charge is 2.41. The minimum atomic E-state index is 0.0529. The Balaban J connectivity index is 1.30. The topological polar surface area (TPSA) is 60.9 Å². The van der Waals surface area contributed by atoms with Crippen LogP contribution < -0.4 is 0 Å². The van der Waals surface area contributed by atoms with Gasteiger partial charge in [-0.1, -0.05) is 30.3 Å². The molecule has 0 saturated carbocycles. The van der Waals surface area contributed by atoms with E-state index in [1.807, 2.05) is 35.0 Å². The van der Waals surface area contributed by atoms with Gasteiger partial charge in [0.15, 0.2) is 0 Å². The highest BCUT2D eigenvalue weighted by atomic mass is 16.2. The third-order valence-electron chi connectivity index (χ3n) is 6.86. The molecule has 3 aliphatic rings. The average Bonchev–Trinajstić information content (AvgIpc) is 3.07. The van der Waals surface area contributed by atoms with Crippen molar-refractivity contribution in [3.8, 4) is 0 Å². The Morgan fingerprint density at radius 2 is 1.79 bits per heavy atom. The first kappa shape index (κ1) is 19.0. The maximum atomic E-state index is 12.8. The van der Waals surface area contributed by atoms with Crippen molar-refractivity contribution in [1.82, 2.24) is 14.7 Å². The van der Waals surface area contributed by atoms with Gasteiger partial charge in [-0.25, -0.2) is 0 Å². The van der Waals surface area contributed by atoms with E-state index in [0.717, 1.165) is 38.9 Å². The molecule has 6 nitrogen and oxygen atoms in total. The fraction of sp³-hybridized carbons (Fsp3) is 0.591. The molecule has 1 spiro atoms. The van der Waals surface area contributed by atoms with Crippen LogP contribution in [-0.4, -0.2) is 72.2 Å². The Morgan fingerprint density at radius 3 is 2.46 bits per heavy atom. The lowest BCUT2D eigenvalue weighted by Gasteiger charge is -2.46. The van der Waals surface area contributed by atoms with E-state index in [1.54, 1.807) is 4.90 Å². The van der Waals surface area contributed by atoms with Crippen LogP contribution in [0.25, 0.3) is 0 Å². The van der Waals surface area contributed by atoms with Crippen molar-refractivity contribution in [2.75, 3.05) is 39.8 Å². The Morgan fingerprint density at radius 1 is 1.07 bits per heavy atom. The Labute approximate surface area is 166 Å². The second kappa shape index (κ2) is 7.57. The molecule has 4 rings (SSSR count). The molecule has 1 aromatic carbocycles. The molecule has 3 amide bonds. The molecule has 3 heterocycles. The van der Waals surface area contributed by atoms with Crippen molar-refractivity contribution < 1.29 is 14.4 Å². The van der Waals surface area contributed by atoms with Crippen LogP contribution in [0.4, 0.5) is 0 Å². The maximum absolute atomic E-state index is 12.8. The number of hydrogen-bond donors (Lipinski definition) is 0. The van der Waals surface area contributed by atoms with Gasteiger partial charge in [-0.05, 0) is 30.2 Å². The van der Waals surface area contributed by atoms with Crippen molar-refractivity contribution in [1.29, 1.82) is 0 Å². The molecule has 0 aromatic heterocycles. The molecular formula is C22H29N3O3. The number of nitrogens with zero attached hydrogens (tertiary/aromatic N) is 3. The van der Waals surface area contributed by atoms with Crippen LogP contribution in [0.15, 0.2) is 30.3 Å². The molecule has 3 fully saturated rings. The summed E-state index contributed by atoms with van der Waals surface area (Å²) in [6.45, 7) is 3.07. The average molecular weight is 383 g/mol. The molecule has 0 unspecified atom stereocenters. The molecule has 0 aliphatic carbocycles. The SMILES string of the molecule is CN1CC2(CCC1=O)CCN(C(=O)CN1C[C@@H](c3ccccc3)CC1=O)CC2. The predicted molar refractivity (Wildman–Crippen MR) is 105 cm³/mol. The fourth-order valence-corrected chi connectivity index (χ4v) is 5.01. The summed E-state index contributed by atoms with van der Waals surface area (Å²) in [5.41, 5.74) is 1.34. The van der Waals surface area contributed by atoms with Crippen molar-refractivity contribution in [2.24, 2.45) is 5.41 Å². The summed E-state index contributed by atoms with van der Waals surface area (Å²) in [5, 5.41) is 0. The normalized spacial score (nSPS) is 24.9. The summed E-state index contributed by atoms with van der Waals surface area (Å²) in [5.74, 6) is 0.534. The van der Waals surface area contributed by atoms with Crippen LogP contribution in [0.5, 0.6) is 0 Å². The van der Waals surface area contributed by atoms with E-state index in [4.69, 9.17) is 0 Å². The highest BCUT2D eigenvalue weighted by Crippen LogP contribution is 2.39. The van der Waals surface area contributed by atoms with Crippen LogP contribution in [0.1, 0.15) is 43.6 Å². The second-order valence-electron chi connectivity index (χ2n) is 8.72. The zero-order valence-corrected chi connectivity index (χ0v) is 16.6. The van der Waals surface area contributed by atoms with Gasteiger partial charge in [0.1, 0.15) is 0 Å². The molecule has 0 radical (unpaired) electrons. The molecule has 3 saturated heterocycles. The monoisotopic (exact) mass is 383 g/mol. The van der Waals surface area contributed by atoms with Crippen molar-refractivity contribution in [3.05, 3.63) is 35.9 Å². The molecule has 28 heavy (non-hydrogen) atoms. The number of benzene rings is 1. The second-order valence-corrected chi connectivity index (χ2v) is 8.72. The highest BCUT2D eigenvalue weighted by molar-refractivity contribution is 5.86. The number of carbonyl (C=O) groups is 3. The minimum absolute atomic E-state index is 0.0529. The Kier molecular flexibility index (Phi) is 5.13. The number of likely N-dealkylation sites (tertiary alicyclic amines) is 3. The molecule has 150 valence electrons. The lowest BCUT2D eigenvalue weighted by atomic mass is 9.72. The zero-order chi connectivity index (χ0) is 19.7. The van der Waals surface area contributed by atoms with E-state index in [-0.39, 0.29) is 35.6 Å². The summed E-state index contributed by atoms with van der Waals surface area (Å²) < 4.78 is 0. The Bertz CT molecular complexity index is 756. The van der Waals surface area contributed by atoms with E-state index in [2.05, 4.69) is 12.1 Å². The van der Waals surface area contributed by atoms with Crippen molar-refractivity contribution in [3.63, 3.8) is 0 Å². The van der Waals surface area contributed by atoms with Gasteiger partial charge in [-0.2, -0.15) is 0 Å². The first-order valence-corrected chi connectivity index (χ1v) is 10.3. The maximum Gasteiger partial charge on any atom is 0.242 e. The van der Waals surface area contributed by atoms with Gasteiger partial charge >= 0.3 is 0 Å². The van der Waals surface area contributed by atoms with Gasteiger partial charge in [0.25, 0.3) is 0 Å². The van der Waals surface area contributed by atoms with Gasteiger partial charge in [-0.3, -0.25) is 14.4 Å². The molecule has 3 aliphatic heterocycles. The summed E-state index contributed by atoms with van der Waals surface area (Å²) in [7, 11) is 1.88. The molecule has 0 N–H and O–H groups in total. The van der Waals surface area contributed by atoms with Gasteiger partial charge in [0.05, 0.1) is 6.54 Å². The summed E-state index contributed by atoms with van der Waals surface area (Å²) in [6, 6.07) is 10.1. The van der Waals surface area contributed by atoms with Gasteiger partial charge in [-0.15, -0.1) is 0 Å². The van der Waals surface area contributed by atoms with Crippen LogP contribution in [0.3, 0.4) is 0 Å². The fourth-order valence-electron chi connectivity index (χ4n) is 5.01. The summed E-state index contributed by atoms with van der Waals surface area (Å²) in [4.78, 5) is 42.4. The minimum Gasteiger partial charge on any atom is -0.345 e. The third kappa shape index (κ3) is 3.77. The van der Waals surface area contributed by atoms with Crippen LogP contribution >= 0.6 is 0 Å². The molecule has 1 atom stereocenters. The summed E-state index contributed by atoms with van der Waals surface area (Å²) >= 11 is 0. The van der Waals surface area contributed by atoms with Crippen molar-refractivity contribution in [2.45, 2.75) is 38.0 Å². The van der Waals surface area contributed by atoms with E-state index in [9.17, 15) is 14.4 Å². The predicted octanol–water partition coefficient (Wildman–Crippen LogP) is 1.86.